The van der Waals surface area contributed by atoms with Crippen molar-refractivity contribution in [2.45, 2.75) is 19.8 Å². The molecule has 9 heteroatoms. The Balaban J connectivity index is 1.56. The monoisotopic (exact) mass is 456 g/mol. The summed E-state index contributed by atoms with van der Waals surface area (Å²) in [6.45, 7) is 3.30. The SMILES string of the molecule is CC(C)c1c(C(=O)OCC(=O)C(C#N)=C2N(C)c3ccccc3N2C)cnn1-c1ccccn1. The normalized spacial score (nSPS) is 12.5. The number of rotatable bonds is 6. The number of anilines is 2. The van der Waals surface area contributed by atoms with Crippen LogP contribution in [0.4, 0.5) is 11.4 Å². The lowest BCUT2D eigenvalue weighted by Gasteiger charge is -2.19. The number of fused-ring (bicyclic) bond motifs is 1. The summed E-state index contributed by atoms with van der Waals surface area (Å²) in [5.74, 6) is -0.308. The number of para-hydroxylation sites is 2. The molecule has 172 valence electrons. The van der Waals surface area contributed by atoms with Crippen LogP contribution >= 0.6 is 0 Å². The molecule has 0 aliphatic carbocycles. The molecule has 34 heavy (non-hydrogen) atoms. The van der Waals surface area contributed by atoms with Crippen molar-refractivity contribution in [3.05, 3.63) is 77.5 Å². The summed E-state index contributed by atoms with van der Waals surface area (Å²) in [6.07, 6.45) is 3.06. The van der Waals surface area contributed by atoms with Crippen molar-refractivity contribution in [3.63, 3.8) is 0 Å². The van der Waals surface area contributed by atoms with Gasteiger partial charge in [0.05, 0.1) is 23.3 Å². The zero-order valence-electron chi connectivity index (χ0n) is 19.4. The Morgan fingerprint density at radius 2 is 1.71 bits per heavy atom. The molecule has 0 fully saturated rings. The second kappa shape index (κ2) is 9.19. The van der Waals surface area contributed by atoms with Gasteiger partial charge in [0.1, 0.15) is 23.0 Å². The molecule has 1 aliphatic heterocycles. The molecule has 9 nitrogen and oxygen atoms in total. The molecule has 0 atom stereocenters. The van der Waals surface area contributed by atoms with Crippen LogP contribution in [0.15, 0.2) is 66.3 Å². The quantitative estimate of drug-likeness (QED) is 0.316. The number of esters is 1. The standard InChI is InChI=1S/C25H24N6O3/c1-16(2)23-18(14-28-31(23)22-11-7-8-12-27-22)25(33)34-15-21(32)17(13-26)24-29(3)19-9-5-6-10-20(19)30(24)4/h5-12,14,16H,15H2,1-4H3. The summed E-state index contributed by atoms with van der Waals surface area (Å²) in [5, 5.41) is 14.1. The first-order valence-corrected chi connectivity index (χ1v) is 10.8. The Morgan fingerprint density at radius 1 is 1.06 bits per heavy atom. The van der Waals surface area contributed by atoms with E-state index in [1.165, 1.54) is 6.20 Å². The van der Waals surface area contributed by atoms with E-state index < -0.39 is 18.4 Å². The van der Waals surface area contributed by atoms with Gasteiger partial charge in [-0.25, -0.2) is 14.5 Å². The molecule has 0 N–H and O–H groups in total. The maximum absolute atomic E-state index is 12.9. The zero-order valence-corrected chi connectivity index (χ0v) is 19.4. The van der Waals surface area contributed by atoms with Crippen LogP contribution in [-0.2, 0) is 9.53 Å². The van der Waals surface area contributed by atoms with Crippen molar-refractivity contribution in [1.29, 1.82) is 5.26 Å². The Bertz CT molecular complexity index is 1290. The Hall–Kier alpha value is -4.45. The summed E-state index contributed by atoms with van der Waals surface area (Å²) < 4.78 is 6.92. The first kappa shape index (κ1) is 22.7. The van der Waals surface area contributed by atoms with Gasteiger partial charge in [0.15, 0.2) is 12.4 Å². The first-order chi connectivity index (χ1) is 16.3. The molecule has 1 aliphatic rings. The van der Waals surface area contributed by atoms with Crippen LogP contribution in [0.25, 0.3) is 5.82 Å². The van der Waals surface area contributed by atoms with Gasteiger partial charge in [-0.05, 0) is 30.2 Å². The maximum Gasteiger partial charge on any atom is 0.342 e. The van der Waals surface area contributed by atoms with Gasteiger partial charge in [-0.2, -0.15) is 10.4 Å². The van der Waals surface area contributed by atoms with Crippen LogP contribution in [0.2, 0.25) is 0 Å². The highest BCUT2D eigenvalue weighted by molar-refractivity contribution is 6.04. The van der Waals surface area contributed by atoms with Crippen LogP contribution in [0.3, 0.4) is 0 Å². The number of carbonyl (C=O) groups is 2. The molecule has 0 saturated carbocycles. The lowest BCUT2D eigenvalue weighted by atomic mass is 10.1. The van der Waals surface area contributed by atoms with E-state index in [2.05, 4.69) is 10.1 Å². The van der Waals surface area contributed by atoms with Gasteiger partial charge < -0.3 is 14.5 Å². The molecule has 0 spiro atoms. The largest absolute Gasteiger partial charge is 0.454 e. The molecule has 3 aromatic rings. The molecule has 0 radical (unpaired) electrons. The van der Waals surface area contributed by atoms with E-state index in [-0.39, 0.29) is 17.1 Å². The average Bonchev–Trinajstić information content (AvgIpc) is 3.40. The third kappa shape index (κ3) is 3.90. The van der Waals surface area contributed by atoms with Crippen molar-refractivity contribution in [3.8, 4) is 11.9 Å². The van der Waals surface area contributed by atoms with Crippen LogP contribution in [0.5, 0.6) is 0 Å². The van der Waals surface area contributed by atoms with Gasteiger partial charge in [-0.3, -0.25) is 4.79 Å². The highest BCUT2D eigenvalue weighted by atomic mass is 16.5. The second-order valence-electron chi connectivity index (χ2n) is 8.11. The van der Waals surface area contributed by atoms with Crippen LogP contribution in [-0.4, -0.2) is 47.2 Å². The van der Waals surface area contributed by atoms with E-state index in [1.807, 2.05) is 50.2 Å². The van der Waals surface area contributed by atoms with E-state index in [0.717, 1.165) is 11.4 Å². The fraction of sp³-hybridized carbons (Fsp3) is 0.240. The van der Waals surface area contributed by atoms with Crippen molar-refractivity contribution in [2.75, 3.05) is 30.5 Å². The van der Waals surface area contributed by atoms with Crippen molar-refractivity contribution >= 4 is 23.1 Å². The second-order valence-corrected chi connectivity index (χ2v) is 8.11. The van der Waals surface area contributed by atoms with Crippen LogP contribution < -0.4 is 9.80 Å². The van der Waals surface area contributed by atoms with E-state index >= 15 is 0 Å². The van der Waals surface area contributed by atoms with Gasteiger partial charge in [0.25, 0.3) is 0 Å². The summed E-state index contributed by atoms with van der Waals surface area (Å²) in [4.78, 5) is 33.7. The molecule has 0 bridgehead atoms. The minimum absolute atomic E-state index is 0.0566. The Morgan fingerprint density at radius 3 is 2.26 bits per heavy atom. The predicted molar refractivity (Wildman–Crippen MR) is 127 cm³/mol. The number of pyridine rings is 1. The number of nitrogens with zero attached hydrogens (tertiary/aromatic N) is 6. The first-order valence-electron chi connectivity index (χ1n) is 10.8. The minimum Gasteiger partial charge on any atom is -0.454 e. The number of Topliss-reactive ketones (excluding diaryl/α,β-unsaturated/α-hetero) is 1. The van der Waals surface area contributed by atoms with E-state index in [1.54, 1.807) is 46.9 Å². The Kier molecular flexibility index (Phi) is 6.15. The highest BCUT2D eigenvalue weighted by Crippen LogP contribution is 2.40. The lowest BCUT2D eigenvalue weighted by Crippen LogP contribution is -2.28. The van der Waals surface area contributed by atoms with Crippen LogP contribution in [0.1, 0.15) is 35.8 Å². The fourth-order valence-corrected chi connectivity index (χ4v) is 4.07. The topological polar surface area (TPSA) is 104 Å². The molecule has 0 unspecified atom stereocenters. The van der Waals surface area contributed by atoms with Crippen molar-refractivity contribution < 1.29 is 14.3 Å². The minimum atomic E-state index is -0.682. The van der Waals surface area contributed by atoms with Gasteiger partial charge in [0, 0.05) is 20.3 Å². The Labute approximate surface area is 197 Å². The number of aromatic nitrogens is 3. The number of nitriles is 1. The molecule has 3 heterocycles. The molecule has 2 aromatic heterocycles. The number of benzene rings is 1. The summed E-state index contributed by atoms with van der Waals surface area (Å²) in [5.41, 5.74) is 2.55. The zero-order chi connectivity index (χ0) is 24.4. The smallest absolute Gasteiger partial charge is 0.342 e. The number of hydrogen-bond donors (Lipinski definition) is 0. The van der Waals surface area contributed by atoms with Gasteiger partial charge >= 0.3 is 5.97 Å². The summed E-state index contributed by atoms with van der Waals surface area (Å²) in [7, 11) is 3.57. The average molecular weight is 457 g/mol. The van der Waals surface area contributed by atoms with E-state index in [9.17, 15) is 14.9 Å². The lowest BCUT2D eigenvalue weighted by molar-refractivity contribution is -0.118. The van der Waals surface area contributed by atoms with Gasteiger partial charge in [-0.15, -0.1) is 0 Å². The van der Waals surface area contributed by atoms with Crippen molar-refractivity contribution in [2.24, 2.45) is 0 Å². The molecule has 0 saturated heterocycles. The molecule has 0 amide bonds. The molecular formula is C25H24N6O3. The third-order valence-corrected chi connectivity index (χ3v) is 5.63. The van der Waals surface area contributed by atoms with Crippen molar-refractivity contribution in [1.82, 2.24) is 14.8 Å². The molecule has 1 aromatic carbocycles. The summed E-state index contributed by atoms with van der Waals surface area (Å²) in [6, 6.07) is 15.0. The van der Waals surface area contributed by atoms with Gasteiger partial charge in [0.2, 0.25) is 5.78 Å². The third-order valence-electron chi connectivity index (χ3n) is 5.63. The van der Waals surface area contributed by atoms with Gasteiger partial charge in [-0.1, -0.05) is 32.0 Å². The number of carbonyl (C=O) groups excluding carboxylic acids is 2. The van der Waals surface area contributed by atoms with Crippen LogP contribution in [0, 0.1) is 11.3 Å². The maximum atomic E-state index is 12.9. The number of hydrogen-bond acceptors (Lipinski definition) is 8. The van der Waals surface area contributed by atoms with E-state index in [0.29, 0.717) is 17.3 Å². The predicted octanol–water partition coefficient (Wildman–Crippen LogP) is 3.44. The number of ketones is 1. The number of ether oxygens (including phenoxy) is 1. The molecular weight excluding hydrogens is 432 g/mol. The van der Waals surface area contributed by atoms with E-state index in [4.69, 9.17) is 4.74 Å². The highest BCUT2D eigenvalue weighted by Gasteiger charge is 2.32. The summed E-state index contributed by atoms with van der Waals surface area (Å²) >= 11 is 0. The fourth-order valence-electron chi connectivity index (χ4n) is 4.07. The molecule has 4 rings (SSSR count).